The van der Waals surface area contributed by atoms with Gasteiger partial charge in [0.15, 0.2) is 0 Å². The van der Waals surface area contributed by atoms with Gasteiger partial charge in [-0.1, -0.05) is 0 Å². The lowest BCUT2D eigenvalue weighted by molar-refractivity contribution is -0.121. The van der Waals surface area contributed by atoms with E-state index in [1.54, 1.807) is 0 Å². The molecule has 0 bridgehead atoms. The molecular formula is C12H19N3O. The van der Waals surface area contributed by atoms with Gasteiger partial charge in [0.25, 0.3) is 0 Å². The molecule has 2 rings (SSSR count). The smallest absolute Gasteiger partial charge is 0.221 e. The van der Waals surface area contributed by atoms with Crippen LogP contribution in [0.15, 0.2) is 0 Å². The van der Waals surface area contributed by atoms with Crippen LogP contribution in [0.25, 0.3) is 0 Å². The third-order valence-corrected chi connectivity index (χ3v) is 3.29. The second kappa shape index (κ2) is 5.31. The van der Waals surface area contributed by atoms with E-state index < -0.39 is 0 Å². The monoisotopic (exact) mass is 221 g/mol. The molecule has 88 valence electrons. The van der Waals surface area contributed by atoms with E-state index in [0.29, 0.717) is 12.5 Å². The van der Waals surface area contributed by atoms with Gasteiger partial charge in [-0.05, 0) is 32.2 Å². The van der Waals surface area contributed by atoms with Crippen LogP contribution in [0, 0.1) is 17.2 Å². The first-order valence-electron chi connectivity index (χ1n) is 6.19. The molecule has 1 atom stereocenters. The highest BCUT2D eigenvalue weighted by Gasteiger charge is 2.24. The number of likely N-dealkylation sites (tertiary alicyclic amines) is 1. The van der Waals surface area contributed by atoms with Crippen molar-refractivity contribution >= 4 is 5.91 Å². The van der Waals surface area contributed by atoms with E-state index in [1.807, 2.05) is 0 Å². The first-order valence-corrected chi connectivity index (χ1v) is 6.19. The number of nitrogens with zero attached hydrogens (tertiary/aromatic N) is 2. The van der Waals surface area contributed by atoms with Crippen LogP contribution in [0.3, 0.4) is 0 Å². The molecule has 0 aromatic carbocycles. The molecule has 1 unspecified atom stereocenters. The van der Waals surface area contributed by atoms with Gasteiger partial charge in [0.1, 0.15) is 0 Å². The molecule has 1 saturated heterocycles. The van der Waals surface area contributed by atoms with Gasteiger partial charge in [0.05, 0.1) is 12.0 Å². The van der Waals surface area contributed by atoms with Crippen molar-refractivity contribution in [3.63, 3.8) is 0 Å². The Labute approximate surface area is 96.6 Å². The summed E-state index contributed by atoms with van der Waals surface area (Å²) in [5.41, 5.74) is 0. The summed E-state index contributed by atoms with van der Waals surface area (Å²) in [6.45, 7) is 2.68. The van der Waals surface area contributed by atoms with Gasteiger partial charge >= 0.3 is 0 Å². The summed E-state index contributed by atoms with van der Waals surface area (Å²) in [4.78, 5) is 13.7. The minimum absolute atomic E-state index is 0.167. The van der Waals surface area contributed by atoms with Crippen molar-refractivity contribution in [3.05, 3.63) is 0 Å². The summed E-state index contributed by atoms with van der Waals surface area (Å²) in [6.07, 6.45) is 4.97. The minimum atomic E-state index is 0.167. The number of piperidine rings is 1. The van der Waals surface area contributed by atoms with Gasteiger partial charge in [-0.3, -0.25) is 4.79 Å². The predicted molar refractivity (Wildman–Crippen MR) is 60.6 cm³/mol. The summed E-state index contributed by atoms with van der Waals surface area (Å²) in [7, 11) is 0. The van der Waals surface area contributed by atoms with E-state index in [9.17, 15) is 4.79 Å². The molecule has 1 saturated carbocycles. The van der Waals surface area contributed by atoms with Crippen LogP contribution < -0.4 is 5.32 Å². The van der Waals surface area contributed by atoms with Crippen molar-refractivity contribution in [1.29, 1.82) is 5.26 Å². The number of rotatable bonds is 4. The highest BCUT2D eigenvalue weighted by Crippen LogP contribution is 2.19. The molecule has 0 aromatic heterocycles. The molecule has 1 aliphatic carbocycles. The minimum Gasteiger partial charge on any atom is -0.353 e. The van der Waals surface area contributed by atoms with E-state index in [-0.39, 0.29) is 11.8 Å². The molecule has 0 radical (unpaired) electrons. The Morgan fingerprint density at radius 1 is 1.44 bits per heavy atom. The summed E-state index contributed by atoms with van der Waals surface area (Å²) in [5, 5.41) is 11.8. The predicted octanol–water partition coefficient (Wildman–Crippen LogP) is 0.891. The number of carbonyl (C=O) groups is 1. The summed E-state index contributed by atoms with van der Waals surface area (Å²) in [5.74, 6) is 0.335. The fraction of sp³-hybridized carbons (Fsp3) is 0.833. The molecule has 0 spiro atoms. The Bertz CT molecular complexity index is 293. The average molecular weight is 221 g/mol. The molecule has 1 heterocycles. The Morgan fingerprint density at radius 2 is 2.25 bits per heavy atom. The zero-order valence-electron chi connectivity index (χ0n) is 9.61. The Balaban J connectivity index is 1.64. The lowest BCUT2D eigenvalue weighted by Crippen LogP contribution is -2.38. The summed E-state index contributed by atoms with van der Waals surface area (Å²) < 4.78 is 0. The highest BCUT2D eigenvalue weighted by molar-refractivity contribution is 5.76. The second-order valence-corrected chi connectivity index (χ2v) is 4.86. The third-order valence-electron chi connectivity index (χ3n) is 3.29. The van der Waals surface area contributed by atoms with E-state index in [4.69, 9.17) is 5.26 Å². The molecule has 1 N–H and O–H groups in total. The van der Waals surface area contributed by atoms with E-state index in [1.165, 1.54) is 0 Å². The molecule has 4 nitrogen and oxygen atoms in total. The van der Waals surface area contributed by atoms with Gasteiger partial charge in [-0.25, -0.2) is 0 Å². The highest BCUT2D eigenvalue weighted by atomic mass is 16.1. The first-order chi connectivity index (χ1) is 7.78. The molecule has 4 heteroatoms. The lowest BCUT2D eigenvalue weighted by atomic mass is 10.00. The molecule has 1 aliphatic heterocycles. The maximum Gasteiger partial charge on any atom is 0.221 e. The third kappa shape index (κ3) is 3.49. The molecule has 16 heavy (non-hydrogen) atoms. The number of hydrogen-bond donors (Lipinski definition) is 1. The van der Waals surface area contributed by atoms with Crippen molar-refractivity contribution in [1.82, 2.24) is 10.2 Å². The van der Waals surface area contributed by atoms with E-state index in [0.717, 1.165) is 45.3 Å². The summed E-state index contributed by atoms with van der Waals surface area (Å²) in [6, 6.07) is 2.78. The van der Waals surface area contributed by atoms with Gasteiger partial charge in [0, 0.05) is 25.6 Å². The van der Waals surface area contributed by atoms with Gasteiger partial charge < -0.3 is 10.2 Å². The molecule has 0 aromatic rings. The number of carbonyl (C=O) groups excluding carboxylic acids is 1. The van der Waals surface area contributed by atoms with Crippen LogP contribution in [0.2, 0.25) is 0 Å². The largest absolute Gasteiger partial charge is 0.353 e. The Morgan fingerprint density at radius 3 is 2.94 bits per heavy atom. The van der Waals surface area contributed by atoms with Crippen molar-refractivity contribution in [2.45, 2.75) is 38.1 Å². The van der Waals surface area contributed by atoms with Crippen molar-refractivity contribution < 1.29 is 4.79 Å². The average Bonchev–Trinajstić information content (AvgIpc) is 3.10. The van der Waals surface area contributed by atoms with Crippen molar-refractivity contribution in [2.75, 3.05) is 19.6 Å². The normalized spacial score (nSPS) is 26.1. The second-order valence-electron chi connectivity index (χ2n) is 4.86. The lowest BCUT2D eigenvalue weighted by Gasteiger charge is -2.29. The number of nitriles is 1. The van der Waals surface area contributed by atoms with Crippen molar-refractivity contribution in [3.8, 4) is 6.07 Å². The van der Waals surface area contributed by atoms with Crippen molar-refractivity contribution in [2.24, 2.45) is 5.92 Å². The number of amides is 1. The maximum atomic E-state index is 11.5. The zero-order valence-corrected chi connectivity index (χ0v) is 9.61. The van der Waals surface area contributed by atoms with Crippen LogP contribution in [0.4, 0.5) is 0 Å². The number of nitrogens with one attached hydrogen (secondary N) is 1. The Hall–Kier alpha value is -1.08. The summed E-state index contributed by atoms with van der Waals surface area (Å²) >= 11 is 0. The fourth-order valence-electron chi connectivity index (χ4n) is 2.15. The first kappa shape index (κ1) is 11.4. The molecule has 2 fully saturated rings. The van der Waals surface area contributed by atoms with E-state index >= 15 is 0 Å². The Kier molecular flexibility index (Phi) is 3.79. The van der Waals surface area contributed by atoms with Crippen LogP contribution >= 0.6 is 0 Å². The van der Waals surface area contributed by atoms with Gasteiger partial charge in [-0.2, -0.15) is 5.26 Å². The van der Waals surface area contributed by atoms with E-state index in [2.05, 4.69) is 16.3 Å². The van der Waals surface area contributed by atoms with Gasteiger partial charge in [0.2, 0.25) is 5.91 Å². The van der Waals surface area contributed by atoms with Crippen LogP contribution in [0.1, 0.15) is 32.1 Å². The standard InChI is InChI=1S/C12H19N3O/c13-8-10-2-1-6-15(9-10)7-5-12(16)14-11-3-4-11/h10-11H,1-7,9H2,(H,14,16). The van der Waals surface area contributed by atoms with Crippen LogP contribution in [-0.4, -0.2) is 36.5 Å². The fourth-order valence-corrected chi connectivity index (χ4v) is 2.15. The SMILES string of the molecule is N#CC1CCCN(CCC(=O)NC2CC2)C1. The molecular weight excluding hydrogens is 202 g/mol. The topological polar surface area (TPSA) is 56.1 Å². The maximum absolute atomic E-state index is 11.5. The van der Waals surface area contributed by atoms with Crippen LogP contribution in [0.5, 0.6) is 0 Å². The van der Waals surface area contributed by atoms with Gasteiger partial charge in [-0.15, -0.1) is 0 Å². The number of hydrogen-bond acceptors (Lipinski definition) is 3. The molecule has 1 amide bonds. The molecule has 2 aliphatic rings. The van der Waals surface area contributed by atoms with Crippen LogP contribution in [-0.2, 0) is 4.79 Å². The zero-order chi connectivity index (χ0) is 11.4. The quantitative estimate of drug-likeness (QED) is 0.767.